The molecule has 5 rings (SSSR count). The normalized spacial score (nSPS) is 21.6. The van der Waals surface area contributed by atoms with Gasteiger partial charge in [0.05, 0.1) is 12.0 Å². The van der Waals surface area contributed by atoms with Gasteiger partial charge < -0.3 is 4.74 Å². The molecule has 0 bridgehead atoms. The molecule has 1 amide bonds. The number of thioether (sulfide) groups is 1. The Balaban J connectivity index is 1.54. The first-order valence-electron chi connectivity index (χ1n) is 11.9. The van der Waals surface area contributed by atoms with Crippen molar-refractivity contribution in [1.82, 2.24) is 4.90 Å². The molecular formula is C27H29FN2O2S. The van der Waals surface area contributed by atoms with Crippen molar-refractivity contribution in [2.75, 3.05) is 7.11 Å². The lowest BCUT2D eigenvalue weighted by Gasteiger charge is -2.30. The summed E-state index contributed by atoms with van der Waals surface area (Å²) in [6.45, 7) is 0. The molecule has 1 saturated carbocycles. The van der Waals surface area contributed by atoms with Crippen molar-refractivity contribution in [2.24, 2.45) is 4.99 Å². The first kappa shape index (κ1) is 22.2. The van der Waals surface area contributed by atoms with E-state index in [2.05, 4.69) is 17.1 Å². The highest BCUT2D eigenvalue weighted by Crippen LogP contribution is 2.40. The molecule has 1 saturated heterocycles. The van der Waals surface area contributed by atoms with Crippen molar-refractivity contribution in [2.45, 2.75) is 63.8 Å². The largest absolute Gasteiger partial charge is 0.496 e. The van der Waals surface area contributed by atoms with Gasteiger partial charge in [0.2, 0.25) is 0 Å². The van der Waals surface area contributed by atoms with Crippen molar-refractivity contribution in [3.63, 3.8) is 0 Å². The van der Waals surface area contributed by atoms with Crippen LogP contribution in [0.5, 0.6) is 5.75 Å². The molecule has 0 atom stereocenters. The number of carbonyl (C=O) groups excluding carboxylic acids is 1. The number of para-hydroxylation sites is 1. The maximum absolute atomic E-state index is 14.4. The number of aliphatic imine (C=N–C) groups is 1. The average Bonchev–Trinajstić information content (AvgIpc) is 3.15. The van der Waals surface area contributed by atoms with Gasteiger partial charge in [0, 0.05) is 11.6 Å². The highest BCUT2D eigenvalue weighted by molar-refractivity contribution is 8.18. The van der Waals surface area contributed by atoms with Gasteiger partial charge in [0.15, 0.2) is 5.17 Å². The number of fused-ring (bicyclic) bond motifs is 1. The maximum Gasteiger partial charge on any atom is 0.267 e. The molecule has 6 heteroatoms. The first-order chi connectivity index (χ1) is 16.1. The zero-order valence-corrected chi connectivity index (χ0v) is 19.8. The Kier molecular flexibility index (Phi) is 6.54. The van der Waals surface area contributed by atoms with E-state index in [4.69, 9.17) is 4.74 Å². The lowest BCUT2D eigenvalue weighted by atomic mass is 9.90. The highest BCUT2D eigenvalue weighted by atomic mass is 32.2. The summed E-state index contributed by atoms with van der Waals surface area (Å²) < 4.78 is 20.0. The molecule has 1 heterocycles. The van der Waals surface area contributed by atoms with Gasteiger partial charge in [-0.05, 0) is 91.8 Å². The number of aryl methyl sites for hydroxylation is 2. The van der Waals surface area contributed by atoms with Crippen molar-refractivity contribution < 1.29 is 13.9 Å². The van der Waals surface area contributed by atoms with E-state index >= 15 is 0 Å². The van der Waals surface area contributed by atoms with Gasteiger partial charge >= 0.3 is 0 Å². The highest BCUT2D eigenvalue weighted by Gasteiger charge is 2.39. The molecule has 33 heavy (non-hydrogen) atoms. The van der Waals surface area contributed by atoms with Crippen LogP contribution in [0.25, 0.3) is 6.08 Å². The van der Waals surface area contributed by atoms with Crippen molar-refractivity contribution in [3.8, 4) is 5.75 Å². The summed E-state index contributed by atoms with van der Waals surface area (Å²) >= 11 is 1.34. The minimum absolute atomic E-state index is 0.0400. The number of amidine groups is 1. The molecular weight excluding hydrogens is 435 g/mol. The molecule has 172 valence electrons. The molecule has 0 unspecified atom stereocenters. The number of carbonyl (C=O) groups is 1. The van der Waals surface area contributed by atoms with E-state index < -0.39 is 0 Å². The molecule has 0 radical (unpaired) electrons. The van der Waals surface area contributed by atoms with Gasteiger partial charge in [-0.25, -0.2) is 9.38 Å². The summed E-state index contributed by atoms with van der Waals surface area (Å²) in [4.78, 5) is 20.6. The minimum atomic E-state index is -0.379. The standard InChI is InChI=1S/C27H29FN2O2S/c1-32-24-16-19-10-6-5-9-18(19)15-20(24)17-25-26(31)30(21-11-3-2-4-12-21)27(33-25)29-23-14-8-7-13-22(23)28/h7-8,13-17,21H,2-6,9-12H2,1H3/b25-17-,29-27?. The summed E-state index contributed by atoms with van der Waals surface area (Å²) in [5, 5.41) is 0.570. The third-order valence-electron chi connectivity index (χ3n) is 6.83. The fourth-order valence-corrected chi connectivity index (χ4v) is 6.13. The van der Waals surface area contributed by atoms with Gasteiger partial charge in [-0.2, -0.15) is 0 Å². The third kappa shape index (κ3) is 4.58. The second kappa shape index (κ2) is 9.72. The van der Waals surface area contributed by atoms with Crippen molar-refractivity contribution in [3.05, 3.63) is 63.8 Å². The number of hydrogen-bond donors (Lipinski definition) is 0. The molecule has 2 aromatic rings. The molecule has 4 nitrogen and oxygen atoms in total. The summed E-state index contributed by atoms with van der Waals surface area (Å²) in [5.41, 5.74) is 3.87. The topological polar surface area (TPSA) is 41.9 Å². The van der Waals surface area contributed by atoms with Gasteiger partial charge in [0.1, 0.15) is 17.3 Å². The number of amides is 1. The fourth-order valence-electron chi connectivity index (χ4n) is 5.08. The number of methoxy groups -OCH3 is 1. The van der Waals surface area contributed by atoms with Gasteiger partial charge in [-0.3, -0.25) is 9.69 Å². The molecule has 2 fully saturated rings. The quantitative estimate of drug-likeness (QED) is 0.476. The summed E-state index contributed by atoms with van der Waals surface area (Å²) in [6.07, 6.45) is 11.8. The summed E-state index contributed by atoms with van der Waals surface area (Å²) in [6, 6.07) is 10.9. The predicted molar refractivity (Wildman–Crippen MR) is 132 cm³/mol. The van der Waals surface area contributed by atoms with Crippen LogP contribution in [-0.2, 0) is 17.6 Å². The van der Waals surface area contributed by atoms with Crippen LogP contribution >= 0.6 is 11.8 Å². The minimum Gasteiger partial charge on any atom is -0.496 e. The third-order valence-corrected chi connectivity index (χ3v) is 7.81. The number of halogens is 1. The van der Waals surface area contributed by atoms with Gasteiger partial charge in [-0.15, -0.1) is 0 Å². The fraction of sp³-hybridized carbons (Fsp3) is 0.407. The Bertz CT molecular complexity index is 1120. The second-order valence-corrected chi connectivity index (χ2v) is 10.0. The number of benzene rings is 2. The summed E-state index contributed by atoms with van der Waals surface area (Å²) in [5.74, 6) is 0.373. The average molecular weight is 465 g/mol. The Labute approximate surface area is 198 Å². The van der Waals surface area contributed by atoms with E-state index in [1.165, 1.54) is 48.2 Å². The molecule has 0 spiro atoms. The zero-order chi connectivity index (χ0) is 22.8. The van der Waals surface area contributed by atoms with Crippen LogP contribution in [-0.4, -0.2) is 29.1 Å². The molecule has 2 aliphatic carbocycles. The van der Waals surface area contributed by atoms with E-state index in [1.54, 1.807) is 25.3 Å². The lowest BCUT2D eigenvalue weighted by Crippen LogP contribution is -2.40. The molecule has 2 aromatic carbocycles. The van der Waals surface area contributed by atoms with E-state index in [0.717, 1.165) is 49.8 Å². The number of hydrogen-bond acceptors (Lipinski definition) is 4. The van der Waals surface area contributed by atoms with Crippen LogP contribution in [0.3, 0.4) is 0 Å². The van der Waals surface area contributed by atoms with Crippen LogP contribution in [0, 0.1) is 5.82 Å². The smallest absolute Gasteiger partial charge is 0.267 e. The number of nitrogens with zero attached hydrogens (tertiary/aromatic N) is 2. The lowest BCUT2D eigenvalue weighted by molar-refractivity contribution is -0.124. The Morgan fingerprint density at radius 1 is 1.06 bits per heavy atom. The number of ether oxygens (including phenoxy) is 1. The zero-order valence-electron chi connectivity index (χ0n) is 19.0. The van der Waals surface area contributed by atoms with E-state index in [-0.39, 0.29) is 23.5 Å². The van der Waals surface area contributed by atoms with E-state index in [9.17, 15) is 9.18 Å². The second-order valence-electron chi connectivity index (χ2n) is 8.99. The van der Waals surface area contributed by atoms with Gasteiger partial charge in [-0.1, -0.05) is 31.4 Å². The Morgan fingerprint density at radius 2 is 1.79 bits per heavy atom. The van der Waals surface area contributed by atoms with Gasteiger partial charge in [0.25, 0.3) is 5.91 Å². The molecule has 0 aromatic heterocycles. The number of rotatable bonds is 4. The van der Waals surface area contributed by atoms with Crippen LogP contribution in [0.4, 0.5) is 10.1 Å². The van der Waals surface area contributed by atoms with Crippen molar-refractivity contribution in [1.29, 1.82) is 0 Å². The first-order valence-corrected chi connectivity index (χ1v) is 12.7. The molecule has 3 aliphatic rings. The Morgan fingerprint density at radius 3 is 2.52 bits per heavy atom. The Hall–Kier alpha value is -2.60. The monoisotopic (exact) mass is 464 g/mol. The van der Waals surface area contributed by atoms with E-state index in [1.807, 2.05) is 11.0 Å². The van der Waals surface area contributed by atoms with E-state index in [0.29, 0.717) is 10.1 Å². The van der Waals surface area contributed by atoms with Crippen LogP contribution in [0.2, 0.25) is 0 Å². The molecule has 1 aliphatic heterocycles. The van der Waals surface area contributed by atoms with Crippen LogP contribution in [0.1, 0.15) is 61.6 Å². The predicted octanol–water partition coefficient (Wildman–Crippen LogP) is 6.65. The molecule has 0 N–H and O–H groups in total. The maximum atomic E-state index is 14.4. The SMILES string of the molecule is COc1cc2c(cc1/C=C1\SC(=Nc3ccccc3F)N(C3CCCCC3)C1=O)CCCC2. The summed E-state index contributed by atoms with van der Waals surface area (Å²) in [7, 11) is 1.68. The van der Waals surface area contributed by atoms with Crippen LogP contribution in [0.15, 0.2) is 46.3 Å². The van der Waals surface area contributed by atoms with Crippen molar-refractivity contribution >= 4 is 34.6 Å². The van der Waals surface area contributed by atoms with Crippen LogP contribution < -0.4 is 4.74 Å².